The minimum atomic E-state index is -0.441. The summed E-state index contributed by atoms with van der Waals surface area (Å²) in [6.45, 7) is 27.0. The summed E-state index contributed by atoms with van der Waals surface area (Å²) in [4.78, 5) is 23.7. The Labute approximate surface area is 579 Å². The number of nitrogens with zero attached hydrogens (tertiary/aromatic N) is 6. The van der Waals surface area contributed by atoms with Crippen molar-refractivity contribution in [2.45, 2.75) is 123 Å². The second-order valence-electron chi connectivity index (χ2n) is 29.7. The summed E-state index contributed by atoms with van der Waals surface area (Å²) >= 11 is 3.65. The van der Waals surface area contributed by atoms with Crippen LogP contribution in [-0.4, -0.2) is 38.4 Å². The molecule has 19 rings (SSSR count). The Morgan fingerprint density at radius 2 is 0.649 bits per heavy atom. The number of rotatable bonds is 2. The molecule has 97 heavy (non-hydrogen) atoms. The van der Waals surface area contributed by atoms with Gasteiger partial charge in [0.2, 0.25) is 0 Å². The standard InChI is InChI=1S/C40H31N3.C25H17BrN2.C21H26BNO2.CH4.H2/c1-39(2)31-18-17-24(43-35-15-9-7-13-32(35)40(3,4)33-14-8-10-16-36(33)43)21-28(31)29-22-30-27(23-34(29)39)25-11-5-6-12-26(25)37-38(30)42-20-19-41-37;1-25(2)21-8-7-14(26)11-18(21)19-12-20-17(13-22(19)25)15-5-3-4-6-16(15)23-24(20)28-10-9-27-23;1-19(2)15-11-7-9-13-17(15)23(18-14-10-8-12-16(18)19)22-24-20(3,4)21(5,6)25-22;;/h5-23H,1-4H3;3-13H,1-2H3;7-14H,1-6H3;1H4;1H. The lowest BCUT2D eigenvalue weighted by molar-refractivity contribution is 0.00578. The van der Waals surface area contributed by atoms with Gasteiger partial charge in [-0.1, -0.05) is 212 Å². The Hall–Kier alpha value is -9.58. The summed E-state index contributed by atoms with van der Waals surface area (Å²) in [5.41, 5.74) is 24.8. The largest absolute Gasteiger partial charge is 0.598 e. The normalized spacial score (nSPS) is 17.0. The van der Waals surface area contributed by atoms with Crippen molar-refractivity contribution < 1.29 is 10.7 Å². The van der Waals surface area contributed by atoms with Gasteiger partial charge in [0.25, 0.3) is 0 Å². The fourth-order valence-electron chi connectivity index (χ4n) is 16.6. The summed E-state index contributed by atoms with van der Waals surface area (Å²) in [7, 11) is -0.441. The maximum absolute atomic E-state index is 6.39. The van der Waals surface area contributed by atoms with Crippen LogP contribution in [0.2, 0.25) is 0 Å². The smallest absolute Gasteiger partial charge is 0.384 e. The Morgan fingerprint density at radius 3 is 1.08 bits per heavy atom. The van der Waals surface area contributed by atoms with E-state index in [0.717, 1.165) is 54.1 Å². The van der Waals surface area contributed by atoms with E-state index in [0.29, 0.717) is 0 Å². The first kappa shape index (κ1) is 62.2. The fraction of sp³-hybridized carbons (Fsp3) is 0.218. The van der Waals surface area contributed by atoms with Gasteiger partial charge < -0.3 is 19.0 Å². The average Bonchev–Trinajstić information content (AvgIpc) is 1.51. The number of hydrogen-bond donors (Lipinski definition) is 0. The summed E-state index contributed by atoms with van der Waals surface area (Å²) in [5.74, 6) is 0. The first-order valence-corrected chi connectivity index (χ1v) is 34.3. The number of para-hydroxylation sites is 4. The Balaban J connectivity index is 0.000000125. The number of anilines is 5. The van der Waals surface area contributed by atoms with E-state index in [1.54, 1.807) is 18.6 Å². The van der Waals surface area contributed by atoms with Crippen molar-refractivity contribution in [1.29, 1.82) is 0 Å². The molecule has 5 aliphatic rings. The van der Waals surface area contributed by atoms with Crippen molar-refractivity contribution in [1.82, 2.24) is 19.9 Å². The zero-order valence-corrected chi connectivity index (χ0v) is 58.0. The van der Waals surface area contributed by atoms with Gasteiger partial charge in [-0.2, -0.15) is 0 Å². The number of hydrogen-bond acceptors (Lipinski definition) is 8. The van der Waals surface area contributed by atoms with E-state index < -0.39 is 7.25 Å². The monoisotopic (exact) mass is 1330 g/mol. The molecule has 8 nitrogen and oxygen atoms in total. The molecule has 0 unspecified atom stereocenters. The highest BCUT2D eigenvalue weighted by molar-refractivity contribution is 9.10. The summed E-state index contributed by atoms with van der Waals surface area (Å²) < 4.78 is 13.9. The third kappa shape index (κ3) is 9.15. The quantitative estimate of drug-likeness (QED) is 0.125. The van der Waals surface area contributed by atoms with Crippen LogP contribution in [0, 0.1) is 0 Å². The molecule has 14 aromatic rings. The third-order valence-corrected chi connectivity index (χ3v) is 22.9. The van der Waals surface area contributed by atoms with E-state index >= 15 is 0 Å². The topological polar surface area (TPSA) is 76.5 Å². The molecule has 480 valence electrons. The predicted octanol–water partition coefficient (Wildman–Crippen LogP) is 23.3. The Bertz CT molecular complexity index is 5530. The lowest BCUT2D eigenvalue weighted by atomic mass is 9.72. The molecule has 1 fully saturated rings. The van der Waals surface area contributed by atoms with Crippen LogP contribution in [0.25, 0.3) is 87.4 Å². The lowest BCUT2D eigenvalue weighted by Gasteiger charge is -2.42. The van der Waals surface area contributed by atoms with Gasteiger partial charge in [0.15, 0.2) is 0 Å². The molecule has 0 spiro atoms. The SMILES string of the molecule is C.CC1(C)c2ccc(Br)cc2-c2cc3c(cc21)c1ccccc1c1nccnc31.CC1(C)c2ccc(N3c4ccccc4C(C)(C)c4ccccc43)cc2-c2cc3c(cc21)c1ccccc1c1nccnc31.CC1(C)c2ccccc2N(B2OC(C)(C)C(C)(C)O2)c2ccccc21.[HH]. The molecule has 0 atom stereocenters. The van der Waals surface area contributed by atoms with Crippen molar-refractivity contribution in [2.75, 3.05) is 9.71 Å². The van der Waals surface area contributed by atoms with Crippen LogP contribution in [0.5, 0.6) is 0 Å². The minimum absolute atomic E-state index is 0. The molecule has 0 bridgehead atoms. The van der Waals surface area contributed by atoms with Gasteiger partial charge in [-0.15, -0.1) is 0 Å². The van der Waals surface area contributed by atoms with Crippen LogP contribution in [0.4, 0.5) is 28.4 Å². The van der Waals surface area contributed by atoms with Crippen LogP contribution in [-0.2, 0) is 31.0 Å². The van der Waals surface area contributed by atoms with E-state index in [4.69, 9.17) is 24.3 Å². The van der Waals surface area contributed by atoms with Crippen molar-refractivity contribution in [2.24, 2.45) is 0 Å². The van der Waals surface area contributed by atoms with Gasteiger partial charge in [0.05, 0.1) is 44.6 Å². The van der Waals surface area contributed by atoms with E-state index in [-0.39, 0.29) is 41.7 Å². The van der Waals surface area contributed by atoms with E-state index in [1.807, 2.05) is 6.20 Å². The molecule has 12 aromatic carbocycles. The summed E-state index contributed by atoms with van der Waals surface area (Å²) in [6.07, 6.45) is 7.18. The molecule has 5 heterocycles. The summed E-state index contributed by atoms with van der Waals surface area (Å²) in [6, 6.07) is 75.2. The molecule has 0 amide bonds. The van der Waals surface area contributed by atoms with Gasteiger partial charge in [0, 0.05) is 91.0 Å². The second-order valence-corrected chi connectivity index (χ2v) is 30.7. The second kappa shape index (κ2) is 22.0. The Kier molecular flexibility index (Phi) is 14.1. The molecule has 2 aromatic heterocycles. The summed E-state index contributed by atoms with van der Waals surface area (Å²) in [5, 5.41) is 9.60. The predicted molar refractivity (Wildman–Crippen MR) is 411 cm³/mol. The molecular weight excluding hydrogens is 1250 g/mol. The highest BCUT2D eigenvalue weighted by atomic mass is 79.9. The molecule has 2 aliphatic carbocycles. The maximum atomic E-state index is 6.39. The fourth-order valence-corrected chi connectivity index (χ4v) is 17.0. The zero-order chi connectivity index (χ0) is 66.2. The van der Waals surface area contributed by atoms with E-state index in [2.05, 4.69) is 320 Å². The van der Waals surface area contributed by atoms with Gasteiger partial charge in [0.1, 0.15) is 0 Å². The van der Waals surface area contributed by atoms with Crippen LogP contribution >= 0.6 is 15.9 Å². The van der Waals surface area contributed by atoms with Gasteiger partial charge in [-0.25, -0.2) is 0 Å². The molecule has 1 saturated heterocycles. The van der Waals surface area contributed by atoms with Gasteiger partial charge in [-0.3, -0.25) is 19.9 Å². The Morgan fingerprint density at radius 1 is 0.320 bits per heavy atom. The number of aromatic nitrogens is 4. The molecular formula is C87H80BBrN6O2. The van der Waals surface area contributed by atoms with Crippen LogP contribution in [0.1, 0.15) is 136 Å². The first-order valence-electron chi connectivity index (χ1n) is 33.5. The molecule has 3 aliphatic heterocycles. The van der Waals surface area contributed by atoms with Crippen molar-refractivity contribution in [3.05, 3.63) is 280 Å². The van der Waals surface area contributed by atoms with Crippen LogP contribution in [0.3, 0.4) is 0 Å². The molecule has 10 heteroatoms. The van der Waals surface area contributed by atoms with Crippen molar-refractivity contribution in [3.63, 3.8) is 0 Å². The number of halogens is 1. The van der Waals surface area contributed by atoms with Crippen molar-refractivity contribution in [3.8, 4) is 22.3 Å². The molecule has 0 saturated carbocycles. The third-order valence-electron chi connectivity index (χ3n) is 22.4. The van der Waals surface area contributed by atoms with E-state index in [1.165, 1.54) is 111 Å². The minimum Gasteiger partial charge on any atom is -0.384 e. The average molecular weight is 1330 g/mol. The van der Waals surface area contributed by atoms with Crippen molar-refractivity contribution >= 4 is 117 Å². The van der Waals surface area contributed by atoms with Crippen LogP contribution in [0.15, 0.2) is 236 Å². The zero-order valence-electron chi connectivity index (χ0n) is 56.4. The van der Waals surface area contributed by atoms with E-state index in [9.17, 15) is 0 Å². The van der Waals surface area contributed by atoms with Crippen LogP contribution < -0.4 is 9.71 Å². The maximum Gasteiger partial charge on any atom is 0.598 e. The molecule has 0 N–H and O–H groups in total. The lowest BCUT2D eigenvalue weighted by Crippen LogP contribution is -2.44. The highest BCUT2D eigenvalue weighted by Gasteiger charge is 2.56. The van der Waals surface area contributed by atoms with Gasteiger partial charge in [-0.05, 0) is 189 Å². The first-order chi connectivity index (χ1) is 46.1. The highest BCUT2D eigenvalue weighted by Crippen LogP contribution is 2.58. The number of fused-ring (bicyclic) bond motifs is 22. The van der Waals surface area contributed by atoms with Gasteiger partial charge >= 0.3 is 7.25 Å². The molecule has 0 radical (unpaired) electrons. The number of benzene rings is 12.